The molecule has 1 aromatic carbocycles. The van der Waals surface area contributed by atoms with Crippen LogP contribution in [0.2, 0.25) is 0 Å². The maximum Gasteiger partial charge on any atom is 0.0426 e. The van der Waals surface area contributed by atoms with Gasteiger partial charge < -0.3 is 10.6 Å². The van der Waals surface area contributed by atoms with Gasteiger partial charge in [-0.1, -0.05) is 37.6 Å². The van der Waals surface area contributed by atoms with Crippen LogP contribution in [0.3, 0.4) is 0 Å². The van der Waals surface area contributed by atoms with Crippen molar-refractivity contribution in [1.29, 1.82) is 0 Å². The normalized spacial score (nSPS) is 26.4. The number of nitrogens with two attached hydrogens (primary N) is 1. The van der Waals surface area contributed by atoms with Crippen LogP contribution in [-0.4, -0.2) is 24.5 Å². The first kappa shape index (κ1) is 14.5. The van der Waals surface area contributed by atoms with E-state index in [1.54, 1.807) is 0 Å². The Kier molecular flexibility index (Phi) is 4.64. The molecule has 2 heteroatoms. The first-order valence-electron chi connectivity index (χ1n) is 7.52. The summed E-state index contributed by atoms with van der Waals surface area (Å²) in [6.45, 7) is 12.4. The Hall–Kier alpha value is -0.860. The van der Waals surface area contributed by atoms with E-state index in [0.29, 0.717) is 0 Å². The molecule has 2 rings (SSSR count). The molecule has 0 radical (unpaired) electrons. The van der Waals surface area contributed by atoms with Gasteiger partial charge in [0.1, 0.15) is 0 Å². The molecule has 1 saturated heterocycles. The SMILES string of the molecule is Cc1ccc(C(N)CN2CCC(C)C(C)C2)c(C)c1. The lowest BCUT2D eigenvalue weighted by Gasteiger charge is -2.36. The summed E-state index contributed by atoms with van der Waals surface area (Å²) in [6, 6.07) is 6.74. The Morgan fingerprint density at radius 2 is 2.00 bits per heavy atom. The van der Waals surface area contributed by atoms with Gasteiger partial charge in [-0.25, -0.2) is 0 Å². The number of hydrogen-bond donors (Lipinski definition) is 1. The molecule has 1 fully saturated rings. The molecule has 2 nitrogen and oxygen atoms in total. The van der Waals surface area contributed by atoms with Crippen LogP contribution in [0.15, 0.2) is 18.2 Å². The summed E-state index contributed by atoms with van der Waals surface area (Å²) in [7, 11) is 0. The Bertz CT molecular complexity index is 427. The van der Waals surface area contributed by atoms with Crippen LogP contribution in [-0.2, 0) is 0 Å². The Morgan fingerprint density at radius 3 is 2.63 bits per heavy atom. The summed E-state index contributed by atoms with van der Waals surface area (Å²) < 4.78 is 0. The second kappa shape index (κ2) is 6.06. The fourth-order valence-corrected chi connectivity index (χ4v) is 3.13. The number of aryl methyl sites for hydroxylation is 2. The maximum atomic E-state index is 6.42. The van der Waals surface area contributed by atoms with Gasteiger partial charge in [-0.3, -0.25) is 0 Å². The average molecular weight is 260 g/mol. The molecule has 0 aromatic heterocycles. The molecule has 0 saturated carbocycles. The Balaban J connectivity index is 1.99. The second-order valence-corrected chi connectivity index (χ2v) is 6.47. The molecular formula is C17H28N2. The summed E-state index contributed by atoms with van der Waals surface area (Å²) >= 11 is 0. The summed E-state index contributed by atoms with van der Waals surface area (Å²) in [5, 5.41) is 0. The molecule has 19 heavy (non-hydrogen) atoms. The lowest BCUT2D eigenvalue weighted by atomic mass is 9.88. The smallest absolute Gasteiger partial charge is 0.0426 e. The average Bonchev–Trinajstić information content (AvgIpc) is 2.33. The third-order valence-electron chi connectivity index (χ3n) is 4.70. The van der Waals surface area contributed by atoms with Crippen molar-refractivity contribution in [3.05, 3.63) is 34.9 Å². The van der Waals surface area contributed by atoms with Crippen molar-refractivity contribution in [3.63, 3.8) is 0 Å². The summed E-state index contributed by atoms with van der Waals surface area (Å²) in [4.78, 5) is 2.54. The van der Waals surface area contributed by atoms with E-state index in [1.807, 2.05) is 0 Å². The number of benzene rings is 1. The highest BCUT2D eigenvalue weighted by molar-refractivity contribution is 5.32. The van der Waals surface area contributed by atoms with Crippen molar-refractivity contribution < 1.29 is 0 Å². The van der Waals surface area contributed by atoms with Crippen molar-refractivity contribution in [2.45, 2.75) is 40.2 Å². The number of nitrogens with zero attached hydrogens (tertiary/aromatic N) is 1. The van der Waals surface area contributed by atoms with Gasteiger partial charge in [-0.2, -0.15) is 0 Å². The minimum absolute atomic E-state index is 0.140. The largest absolute Gasteiger partial charge is 0.323 e. The van der Waals surface area contributed by atoms with E-state index in [0.717, 1.165) is 18.4 Å². The Morgan fingerprint density at radius 1 is 1.26 bits per heavy atom. The van der Waals surface area contributed by atoms with Crippen molar-refractivity contribution in [2.75, 3.05) is 19.6 Å². The molecule has 1 aliphatic heterocycles. The zero-order valence-electron chi connectivity index (χ0n) is 12.8. The minimum atomic E-state index is 0.140. The first-order chi connectivity index (χ1) is 8.97. The van der Waals surface area contributed by atoms with E-state index >= 15 is 0 Å². The highest BCUT2D eigenvalue weighted by Gasteiger charge is 2.24. The fraction of sp³-hybridized carbons (Fsp3) is 0.647. The summed E-state index contributed by atoms with van der Waals surface area (Å²) in [6.07, 6.45) is 1.31. The third kappa shape index (κ3) is 3.58. The van der Waals surface area contributed by atoms with Crippen LogP contribution >= 0.6 is 0 Å². The minimum Gasteiger partial charge on any atom is -0.323 e. The topological polar surface area (TPSA) is 29.3 Å². The van der Waals surface area contributed by atoms with Crippen LogP contribution in [0, 0.1) is 25.7 Å². The third-order valence-corrected chi connectivity index (χ3v) is 4.70. The first-order valence-corrected chi connectivity index (χ1v) is 7.52. The highest BCUT2D eigenvalue weighted by atomic mass is 15.1. The highest BCUT2D eigenvalue weighted by Crippen LogP contribution is 2.25. The second-order valence-electron chi connectivity index (χ2n) is 6.47. The summed E-state index contributed by atoms with van der Waals surface area (Å²) in [5.74, 6) is 1.65. The van der Waals surface area contributed by atoms with Gasteiger partial charge in [0, 0.05) is 19.1 Å². The molecule has 106 valence electrons. The van der Waals surface area contributed by atoms with Gasteiger partial charge in [0.25, 0.3) is 0 Å². The molecule has 0 bridgehead atoms. The predicted molar refractivity (Wildman–Crippen MR) is 82.2 cm³/mol. The van der Waals surface area contributed by atoms with Crippen molar-refractivity contribution in [3.8, 4) is 0 Å². The van der Waals surface area contributed by atoms with Crippen molar-refractivity contribution in [1.82, 2.24) is 4.90 Å². The van der Waals surface area contributed by atoms with Crippen molar-refractivity contribution in [2.24, 2.45) is 17.6 Å². The van der Waals surface area contributed by atoms with E-state index in [-0.39, 0.29) is 6.04 Å². The zero-order chi connectivity index (χ0) is 14.0. The van der Waals surface area contributed by atoms with Gasteiger partial charge in [-0.15, -0.1) is 0 Å². The lowest BCUT2D eigenvalue weighted by Crippen LogP contribution is -2.42. The molecular weight excluding hydrogens is 232 g/mol. The van der Waals surface area contributed by atoms with Crippen LogP contribution in [0.4, 0.5) is 0 Å². The van der Waals surface area contributed by atoms with Gasteiger partial charge in [0.2, 0.25) is 0 Å². The van der Waals surface area contributed by atoms with E-state index in [1.165, 1.54) is 36.2 Å². The number of hydrogen-bond acceptors (Lipinski definition) is 2. The van der Waals surface area contributed by atoms with Gasteiger partial charge in [-0.05, 0) is 49.8 Å². The maximum absolute atomic E-state index is 6.42. The molecule has 1 aliphatic rings. The van der Waals surface area contributed by atoms with E-state index in [9.17, 15) is 0 Å². The molecule has 0 spiro atoms. The standard InChI is InChI=1S/C17H28N2/c1-12-5-6-16(14(3)9-12)17(18)11-19-8-7-13(2)15(4)10-19/h5-6,9,13,15,17H,7-8,10-11,18H2,1-4H3. The number of rotatable bonds is 3. The fourth-order valence-electron chi connectivity index (χ4n) is 3.13. The van der Waals surface area contributed by atoms with Crippen molar-refractivity contribution >= 4 is 0 Å². The van der Waals surface area contributed by atoms with Gasteiger partial charge >= 0.3 is 0 Å². The molecule has 3 unspecified atom stereocenters. The summed E-state index contributed by atoms with van der Waals surface area (Å²) in [5.41, 5.74) is 10.4. The van der Waals surface area contributed by atoms with E-state index < -0.39 is 0 Å². The van der Waals surface area contributed by atoms with Crippen LogP contribution in [0.1, 0.15) is 43.0 Å². The lowest BCUT2D eigenvalue weighted by molar-refractivity contribution is 0.132. The quantitative estimate of drug-likeness (QED) is 0.903. The molecule has 3 atom stereocenters. The molecule has 0 amide bonds. The molecule has 1 aromatic rings. The number of piperidine rings is 1. The van der Waals surface area contributed by atoms with Crippen LogP contribution in [0.25, 0.3) is 0 Å². The Labute approximate surface area is 118 Å². The monoisotopic (exact) mass is 260 g/mol. The predicted octanol–water partition coefficient (Wildman–Crippen LogP) is 3.28. The molecule has 1 heterocycles. The van der Waals surface area contributed by atoms with E-state index in [4.69, 9.17) is 5.73 Å². The number of likely N-dealkylation sites (tertiary alicyclic amines) is 1. The molecule has 0 aliphatic carbocycles. The van der Waals surface area contributed by atoms with Gasteiger partial charge in [0.05, 0.1) is 0 Å². The zero-order valence-corrected chi connectivity index (χ0v) is 12.8. The van der Waals surface area contributed by atoms with Crippen LogP contribution < -0.4 is 5.73 Å². The molecule has 2 N–H and O–H groups in total. The van der Waals surface area contributed by atoms with Crippen LogP contribution in [0.5, 0.6) is 0 Å². The van der Waals surface area contributed by atoms with Gasteiger partial charge in [0.15, 0.2) is 0 Å². The van der Waals surface area contributed by atoms with E-state index in [2.05, 4.69) is 50.8 Å².